The number of pyridine rings is 1. The summed E-state index contributed by atoms with van der Waals surface area (Å²) in [7, 11) is 0. The van der Waals surface area contributed by atoms with E-state index in [4.69, 9.17) is 4.74 Å². The molecule has 0 aliphatic carbocycles. The highest BCUT2D eigenvalue weighted by Crippen LogP contribution is 2.22. The van der Waals surface area contributed by atoms with Crippen molar-refractivity contribution in [3.8, 4) is 0 Å². The molecule has 0 aromatic carbocycles. The zero-order valence-electron chi connectivity index (χ0n) is 15.0. The number of piperazine rings is 1. The van der Waals surface area contributed by atoms with E-state index < -0.39 is 0 Å². The maximum Gasteiger partial charge on any atom is 0.409 e. The minimum Gasteiger partial charge on any atom is -0.450 e. The summed E-state index contributed by atoms with van der Waals surface area (Å²) in [4.78, 5) is 45.9. The molecule has 0 N–H and O–H groups in total. The van der Waals surface area contributed by atoms with Crippen molar-refractivity contribution in [2.75, 3.05) is 39.3 Å². The van der Waals surface area contributed by atoms with E-state index in [9.17, 15) is 14.4 Å². The molecule has 0 unspecified atom stereocenters. The molecule has 2 aliphatic heterocycles. The molecule has 3 rings (SSSR count). The quantitative estimate of drug-likeness (QED) is 0.791. The minimum atomic E-state index is -0.335. The van der Waals surface area contributed by atoms with Crippen LogP contribution in [0.5, 0.6) is 0 Å². The SMILES string of the molecule is CCOC(=O)N1CCN(C(=O)[C@H]2CC(=O)N(Cc3cccnc3)C2)CC1. The number of amides is 3. The topological polar surface area (TPSA) is 83.0 Å². The van der Waals surface area contributed by atoms with E-state index in [-0.39, 0.29) is 30.2 Å². The molecule has 8 heteroatoms. The highest BCUT2D eigenvalue weighted by molar-refractivity contribution is 5.89. The fourth-order valence-corrected chi connectivity index (χ4v) is 3.38. The fraction of sp³-hybridized carbons (Fsp3) is 0.556. The van der Waals surface area contributed by atoms with E-state index >= 15 is 0 Å². The van der Waals surface area contributed by atoms with Gasteiger partial charge in [0.25, 0.3) is 0 Å². The molecular weight excluding hydrogens is 336 g/mol. The van der Waals surface area contributed by atoms with Crippen molar-refractivity contribution < 1.29 is 19.1 Å². The Morgan fingerprint density at radius 2 is 1.96 bits per heavy atom. The van der Waals surface area contributed by atoms with Gasteiger partial charge in [0.2, 0.25) is 11.8 Å². The van der Waals surface area contributed by atoms with Gasteiger partial charge in [0.1, 0.15) is 0 Å². The van der Waals surface area contributed by atoms with Crippen LogP contribution in [0.2, 0.25) is 0 Å². The molecule has 140 valence electrons. The van der Waals surface area contributed by atoms with Gasteiger partial charge in [-0.15, -0.1) is 0 Å². The predicted molar refractivity (Wildman–Crippen MR) is 92.9 cm³/mol. The van der Waals surface area contributed by atoms with Crippen LogP contribution in [-0.2, 0) is 20.9 Å². The second kappa shape index (κ2) is 8.16. The van der Waals surface area contributed by atoms with Gasteiger partial charge in [-0.1, -0.05) is 6.07 Å². The molecule has 8 nitrogen and oxygen atoms in total. The number of aromatic nitrogens is 1. The van der Waals surface area contributed by atoms with Crippen molar-refractivity contribution in [1.29, 1.82) is 0 Å². The number of carbonyl (C=O) groups excluding carboxylic acids is 3. The lowest BCUT2D eigenvalue weighted by Gasteiger charge is -2.35. The predicted octanol–water partition coefficient (Wildman–Crippen LogP) is 0.731. The van der Waals surface area contributed by atoms with Crippen LogP contribution in [0.3, 0.4) is 0 Å². The van der Waals surface area contributed by atoms with Gasteiger partial charge in [-0.3, -0.25) is 14.6 Å². The first-order valence-corrected chi connectivity index (χ1v) is 8.95. The fourth-order valence-electron chi connectivity index (χ4n) is 3.38. The van der Waals surface area contributed by atoms with E-state index in [1.165, 1.54) is 0 Å². The second-order valence-electron chi connectivity index (χ2n) is 6.55. The minimum absolute atomic E-state index is 0.00244. The van der Waals surface area contributed by atoms with E-state index in [1.54, 1.807) is 34.0 Å². The van der Waals surface area contributed by atoms with Gasteiger partial charge in [0.05, 0.1) is 12.5 Å². The molecule has 0 bridgehead atoms. The highest BCUT2D eigenvalue weighted by atomic mass is 16.6. The zero-order valence-corrected chi connectivity index (χ0v) is 15.0. The molecule has 26 heavy (non-hydrogen) atoms. The smallest absolute Gasteiger partial charge is 0.409 e. The van der Waals surface area contributed by atoms with Crippen molar-refractivity contribution in [2.24, 2.45) is 5.92 Å². The molecule has 2 saturated heterocycles. The Morgan fingerprint density at radius 1 is 1.23 bits per heavy atom. The first-order chi connectivity index (χ1) is 12.6. The molecule has 3 heterocycles. The summed E-state index contributed by atoms with van der Waals surface area (Å²) in [5.74, 6) is -0.318. The Balaban J connectivity index is 1.51. The number of rotatable bonds is 4. The zero-order chi connectivity index (χ0) is 18.5. The van der Waals surface area contributed by atoms with Crippen molar-refractivity contribution in [1.82, 2.24) is 19.7 Å². The molecule has 2 aliphatic rings. The van der Waals surface area contributed by atoms with Gasteiger partial charge in [0.15, 0.2) is 0 Å². The van der Waals surface area contributed by atoms with Crippen LogP contribution in [0.15, 0.2) is 24.5 Å². The van der Waals surface area contributed by atoms with E-state index in [0.29, 0.717) is 45.9 Å². The Kier molecular flexibility index (Phi) is 5.70. The number of ether oxygens (including phenoxy) is 1. The first-order valence-electron chi connectivity index (χ1n) is 8.95. The number of likely N-dealkylation sites (tertiary alicyclic amines) is 1. The van der Waals surface area contributed by atoms with Gasteiger partial charge in [-0.05, 0) is 18.6 Å². The molecule has 1 aromatic heterocycles. The van der Waals surface area contributed by atoms with Crippen molar-refractivity contribution in [2.45, 2.75) is 19.9 Å². The Hall–Kier alpha value is -2.64. The number of hydrogen-bond acceptors (Lipinski definition) is 5. The molecule has 0 saturated carbocycles. The molecular formula is C18H24N4O4. The molecule has 3 amide bonds. The molecule has 2 fully saturated rings. The normalized spacial score (nSPS) is 20.4. The maximum absolute atomic E-state index is 12.7. The van der Waals surface area contributed by atoms with Crippen LogP contribution in [0.25, 0.3) is 0 Å². The number of nitrogens with zero attached hydrogens (tertiary/aromatic N) is 4. The van der Waals surface area contributed by atoms with Gasteiger partial charge in [-0.2, -0.15) is 0 Å². The summed E-state index contributed by atoms with van der Waals surface area (Å²) in [6, 6.07) is 3.76. The van der Waals surface area contributed by atoms with E-state index in [2.05, 4.69) is 4.98 Å². The van der Waals surface area contributed by atoms with Gasteiger partial charge >= 0.3 is 6.09 Å². The summed E-state index contributed by atoms with van der Waals surface area (Å²) < 4.78 is 4.99. The Labute approximate surface area is 152 Å². The largest absolute Gasteiger partial charge is 0.450 e. The summed E-state index contributed by atoms with van der Waals surface area (Å²) in [5, 5.41) is 0. The van der Waals surface area contributed by atoms with Crippen molar-refractivity contribution in [3.05, 3.63) is 30.1 Å². The van der Waals surface area contributed by atoms with Crippen LogP contribution in [0, 0.1) is 5.92 Å². The van der Waals surface area contributed by atoms with Gasteiger partial charge < -0.3 is 19.4 Å². The average molecular weight is 360 g/mol. The highest BCUT2D eigenvalue weighted by Gasteiger charge is 2.37. The van der Waals surface area contributed by atoms with E-state index in [1.807, 2.05) is 12.1 Å². The van der Waals surface area contributed by atoms with Crippen LogP contribution in [0.4, 0.5) is 4.79 Å². The third kappa shape index (κ3) is 4.12. The van der Waals surface area contributed by atoms with Crippen molar-refractivity contribution >= 4 is 17.9 Å². The lowest BCUT2D eigenvalue weighted by Crippen LogP contribution is -2.52. The van der Waals surface area contributed by atoms with Gasteiger partial charge in [0, 0.05) is 58.1 Å². The summed E-state index contributed by atoms with van der Waals surface area (Å²) in [6.45, 7) is 4.91. The Bertz CT molecular complexity index is 658. The summed E-state index contributed by atoms with van der Waals surface area (Å²) in [6.07, 6.45) is 3.34. The average Bonchev–Trinajstić information content (AvgIpc) is 3.03. The number of hydrogen-bond donors (Lipinski definition) is 0. The molecule has 1 aromatic rings. The standard InChI is InChI=1S/C18H24N4O4/c1-2-26-18(25)21-8-6-20(7-9-21)17(24)15-10-16(23)22(13-15)12-14-4-3-5-19-11-14/h3-5,11,15H,2,6-10,12-13H2,1H3/t15-/m0/s1. The number of carbonyl (C=O) groups is 3. The van der Waals surface area contributed by atoms with Gasteiger partial charge in [-0.25, -0.2) is 4.79 Å². The second-order valence-corrected chi connectivity index (χ2v) is 6.55. The first kappa shape index (κ1) is 18.2. The molecule has 0 radical (unpaired) electrons. The Morgan fingerprint density at radius 3 is 2.62 bits per heavy atom. The lowest BCUT2D eigenvalue weighted by atomic mass is 10.1. The van der Waals surface area contributed by atoms with Crippen LogP contribution >= 0.6 is 0 Å². The maximum atomic E-state index is 12.7. The third-order valence-electron chi connectivity index (χ3n) is 4.78. The van der Waals surface area contributed by atoms with Crippen LogP contribution < -0.4 is 0 Å². The monoisotopic (exact) mass is 360 g/mol. The lowest BCUT2D eigenvalue weighted by molar-refractivity contribution is -0.137. The third-order valence-corrected chi connectivity index (χ3v) is 4.78. The van der Waals surface area contributed by atoms with Crippen LogP contribution in [0.1, 0.15) is 18.9 Å². The van der Waals surface area contributed by atoms with E-state index in [0.717, 1.165) is 5.56 Å². The summed E-state index contributed by atoms with van der Waals surface area (Å²) >= 11 is 0. The van der Waals surface area contributed by atoms with Crippen LogP contribution in [-0.4, -0.2) is 76.9 Å². The molecule has 0 spiro atoms. The summed E-state index contributed by atoms with van der Waals surface area (Å²) in [5.41, 5.74) is 0.956. The molecule has 1 atom stereocenters. The van der Waals surface area contributed by atoms with Crippen molar-refractivity contribution in [3.63, 3.8) is 0 Å².